The van der Waals surface area contributed by atoms with Gasteiger partial charge >= 0.3 is 12.0 Å². The highest BCUT2D eigenvalue weighted by molar-refractivity contribution is 6.05. The van der Waals surface area contributed by atoms with Crippen molar-refractivity contribution >= 4 is 34.5 Å². The molecule has 0 saturated carbocycles. The summed E-state index contributed by atoms with van der Waals surface area (Å²) in [7, 11) is 0. The van der Waals surface area contributed by atoms with Crippen LogP contribution in [-0.2, 0) is 9.53 Å². The minimum absolute atomic E-state index is 0.279. The number of hydrogen-bond donors (Lipinski definition) is 2. The van der Waals surface area contributed by atoms with E-state index in [1.165, 1.54) is 6.08 Å². The van der Waals surface area contributed by atoms with E-state index in [1.807, 2.05) is 50.2 Å². The maximum Gasteiger partial charge on any atom is 0.330 e. The van der Waals surface area contributed by atoms with E-state index in [1.54, 1.807) is 6.08 Å². The fourth-order valence-electron chi connectivity index (χ4n) is 2.41. The van der Waals surface area contributed by atoms with E-state index in [0.717, 1.165) is 29.2 Å². The van der Waals surface area contributed by atoms with Crippen LogP contribution in [-0.4, -0.2) is 25.2 Å². The Morgan fingerprint density at radius 3 is 2.68 bits per heavy atom. The molecule has 2 aromatic carbocycles. The minimum atomic E-state index is -0.384. The molecule has 0 saturated heterocycles. The smallest absolute Gasteiger partial charge is 0.330 e. The number of anilines is 1. The molecular weight excluding hydrogens is 316 g/mol. The summed E-state index contributed by atoms with van der Waals surface area (Å²) >= 11 is 0. The predicted molar refractivity (Wildman–Crippen MR) is 102 cm³/mol. The number of carbonyl (C=O) groups excluding carboxylic acids is 2. The Kier molecular flexibility index (Phi) is 7.01. The highest BCUT2D eigenvalue weighted by Gasteiger charge is 2.09. The van der Waals surface area contributed by atoms with Gasteiger partial charge in [0.1, 0.15) is 0 Å². The summed E-state index contributed by atoms with van der Waals surface area (Å²) in [6.07, 6.45) is 4.88. The number of carbonyl (C=O) groups is 2. The first kappa shape index (κ1) is 18.5. The van der Waals surface area contributed by atoms with Gasteiger partial charge in [0.15, 0.2) is 0 Å². The van der Waals surface area contributed by atoms with Crippen molar-refractivity contribution in [2.75, 3.05) is 18.5 Å². The van der Waals surface area contributed by atoms with Crippen LogP contribution >= 0.6 is 0 Å². The molecule has 0 heterocycles. The lowest BCUT2D eigenvalue weighted by atomic mass is 10.0. The molecule has 0 radical (unpaired) electrons. The SMILES string of the molecule is CCCCOC(=O)/C=C/c1ccc2ccccc2c1NC(=O)NCC. The quantitative estimate of drug-likeness (QED) is 0.448. The van der Waals surface area contributed by atoms with Gasteiger partial charge in [-0.3, -0.25) is 0 Å². The second-order valence-corrected chi connectivity index (χ2v) is 5.59. The molecule has 2 rings (SSSR count). The lowest BCUT2D eigenvalue weighted by Crippen LogP contribution is -2.28. The zero-order chi connectivity index (χ0) is 18.1. The van der Waals surface area contributed by atoms with E-state index in [-0.39, 0.29) is 12.0 Å². The highest BCUT2D eigenvalue weighted by atomic mass is 16.5. The average molecular weight is 340 g/mol. The molecule has 2 amide bonds. The van der Waals surface area contributed by atoms with Gasteiger partial charge in [-0.25, -0.2) is 9.59 Å². The molecule has 5 nitrogen and oxygen atoms in total. The van der Waals surface area contributed by atoms with Crippen molar-refractivity contribution in [1.82, 2.24) is 5.32 Å². The molecule has 0 aliphatic carbocycles. The maximum atomic E-state index is 12.0. The topological polar surface area (TPSA) is 67.4 Å². The molecule has 0 unspecified atom stereocenters. The summed E-state index contributed by atoms with van der Waals surface area (Å²) in [6, 6.07) is 11.3. The van der Waals surface area contributed by atoms with E-state index in [2.05, 4.69) is 10.6 Å². The van der Waals surface area contributed by atoms with E-state index in [4.69, 9.17) is 4.74 Å². The van der Waals surface area contributed by atoms with E-state index in [0.29, 0.717) is 18.8 Å². The molecule has 0 aromatic heterocycles. The van der Waals surface area contributed by atoms with Crippen LogP contribution in [0.15, 0.2) is 42.5 Å². The lowest BCUT2D eigenvalue weighted by molar-refractivity contribution is -0.137. The zero-order valence-electron chi connectivity index (χ0n) is 14.7. The molecule has 0 aliphatic rings. The highest BCUT2D eigenvalue weighted by Crippen LogP contribution is 2.28. The van der Waals surface area contributed by atoms with Crippen LogP contribution in [0.2, 0.25) is 0 Å². The number of nitrogens with one attached hydrogen (secondary N) is 2. The van der Waals surface area contributed by atoms with Gasteiger partial charge in [0.25, 0.3) is 0 Å². The number of fused-ring (bicyclic) bond motifs is 1. The molecule has 132 valence electrons. The Bertz CT molecular complexity index is 769. The van der Waals surface area contributed by atoms with Gasteiger partial charge in [0.2, 0.25) is 0 Å². The van der Waals surface area contributed by atoms with Crippen LogP contribution in [0.4, 0.5) is 10.5 Å². The third kappa shape index (κ3) is 5.35. The summed E-state index contributed by atoms with van der Waals surface area (Å²) in [6.45, 7) is 4.85. The number of esters is 1. The first-order valence-corrected chi connectivity index (χ1v) is 8.57. The number of benzene rings is 2. The summed E-state index contributed by atoms with van der Waals surface area (Å²) in [5, 5.41) is 7.52. The fourth-order valence-corrected chi connectivity index (χ4v) is 2.41. The van der Waals surface area contributed by atoms with Gasteiger partial charge in [0.05, 0.1) is 12.3 Å². The maximum absolute atomic E-state index is 12.0. The molecule has 2 N–H and O–H groups in total. The molecular formula is C20H24N2O3. The molecule has 0 aliphatic heterocycles. The molecule has 5 heteroatoms. The van der Waals surface area contributed by atoms with Crippen molar-refractivity contribution < 1.29 is 14.3 Å². The van der Waals surface area contributed by atoms with E-state index < -0.39 is 0 Å². The Labute approximate surface area is 148 Å². The first-order chi connectivity index (χ1) is 12.2. The normalized spacial score (nSPS) is 10.8. The van der Waals surface area contributed by atoms with Crippen LogP contribution in [0.1, 0.15) is 32.3 Å². The third-order valence-electron chi connectivity index (χ3n) is 3.68. The summed E-state index contributed by atoms with van der Waals surface area (Å²) < 4.78 is 5.13. The number of ether oxygens (including phenoxy) is 1. The van der Waals surface area contributed by atoms with Crippen molar-refractivity contribution in [3.63, 3.8) is 0 Å². The van der Waals surface area contributed by atoms with Gasteiger partial charge < -0.3 is 15.4 Å². The molecule has 0 atom stereocenters. The Hall–Kier alpha value is -2.82. The van der Waals surface area contributed by atoms with Crippen molar-refractivity contribution in [3.8, 4) is 0 Å². The largest absolute Gasteiger partial charge is 0.463 e. The van der Waals surface area contributed by atoms with Gasteiger partial charge in [-0.05, 0) is 30.4 Å². The summed E-state index contributed by atoms with van der Waals surface area (Å²) in [4.78, 5) is 23.8. The molecule has 0 fully saturated rings. The van der Waals surface area contributed by atoms with Crippen LogP contribution in [0.3, 0.4) is 0 Å². The van der Waals surface area contributed by atoms with E-state index >= 15 is 0 Å². The molecule has 25 heavy (non-hydrogen) atoms. The number of rotatable bonds is 7. The average Bonchev–Trinajstić information content (AvgIpc) is 2.61. The second kappa shape index (κ2) is 9.47. The van der Waals surface area contributed by atoms with Crippen molar-refractivity contribution in [3.05, 3.63) is 48.0 Å². The number of unbranched alkanes of at least 4 members (excludes halogenated alkanes) is 1. The van der Waals surface area contributed by atoms with Crippen molar-refractivity contribution in [2.45, 2.75) is 26.7 Å². The zero-order valence-corrected chi connectivity index (χ0v) is 14.7. The minimum Gasteiger partial charge on any atom is -0.463 e. The van der Waals surface area contributed by atoms with Gasteiger partial charge in [-0.1, -0.05) is 49.7 Å². The van der Waals surface area contributed by atoms with Crippen LogP contribution < -0.4 is 10.6 Å². The van der Waals surface area contributed by atoms with Gasteiger partial charge in [-0.2, -0.15) is 0 Å². The summed E-state index contributed by atoms with van der Waals surface area (Å²) in [5.74, 6) is -0.384. The third-order valence-corrected chi connectivity index (χ3v) is 3.68. The molecule has 0 spiro atoms. The lowest BCUT2D eigenvalue weighted by Gasteiger charge is -2.12. The van der Waals surface area contributed by atoms with Crippen LogP contribution in [0.25, 0.3) is 16.8 Å². The van der Waals surface area contributed by atoms with Crippen LogP contribution in [0.5, 0.6) is 0 Å². The second-order valence-electron chi connectivity index (χ2n) is 5.59. The fraction of sp³-hybridized carbons (Fsp3) is 0.300. The summed E-state index contributed by atoms with van der Waals surface area (Å²) in [5.41, 5.74) is 1.42. The van der Waals surface area contributed by atoms with Crippen molar-refractivity contribution in [2.24, 2.45) is 0 Å². The molecule has 2 aromatic rings. The van der Waals surface area contributed by atoms with Crippen LogP contribution in [0, 0.1) is 0 Å². The number of hydrogen-bond acceptors (Lipinski definition) is 3. The van der Waals surface area contributed by atoms with Gasteiger partial charge in [0, 0.05) is 18.0 Å². The predicted octanol–water partition coefficient (Wildman–Crippen LogP) is 4.34. The van der Waals surface area contributed by atoms with Gasteiger partial charge in [-0.15, -0.1) is 0 Å². The number of amides is 2. The van der Waals surface area contributed by atoms with E-state index in [9.17, 15) is 9.59 Å². The monoisotopic (exact) mass is 340 g/mol. The first-order valence-electron chi connectivity index (χ1n) is 8.57. The Morgan fingerprint density at radius 2 is 1.92 bits per heavy atom. The standard InChI is InChI=1S/C20H24N2O3/c1-3-5-14-25-18(23)13-12-16-11-10-15-8-6-7-9-17(15)19(16)22-20(24)21-4-2/h6-13H,3-5,14H2,1-2H3,(H2,21,22,24)/b13-12+. The Balaban J connectivity index is 2.28. The number of urea groups is 1. The Morgan fingerprint density at radius 1 is 1.12 bits per heavy atom. The molecule has 0 bridgehead atoms. The van der Waals surface area contributed by atoms with Crippen molar-refractivity contribution in [1.29, 1.82) is 0 Å².